The van der Waals surface area contributed by atoms with Gasteiger partial charge in [0.2, 0.25) is 0 Å². The maximum absolute atomic E-state index is 12.6. The van der Waals surface area contributed by atoms with Crippen LogP contribution in [0.1, 0.15) is 25.8 Å². The van der Waals surface area contributed by atoms with Crippen LogP contribution in [0.4, 0.5) is 11.4 Å². The predicted molar refractivity (Wildman–Crippen MR) is 114 cm³/mol. The molecule has 0 aliphatic carbocycles. The van der Waals surface area contributed by atoms with Gasteiger partial charge in [-0.05, 0) is 42.7 Å². The minimum Gasteiger partial charge on any atom is -0.508 e. The van der Waals surface area contributed by atoms with Crippen molar-refractivity contribution < 1.29 is 65.4 Å². The first-order chi connectivity index (χ1) is 13.7. The zero-order valence-corrected chi connectivity index (χ0v) is 22.1. The third kappa shape index (κ3) is 11.9. The second-order valence-corrected chi connectivity index (χ2v) is 10.3. The van der Waals surface area contributed by atoms with E-state index in [0.29, 0.717) is 16.9 Å². The molecule has 2 aromatic rings. The topological polar surface area (TPSA) is 154 Å². The van der Waals surface area contributed by atoms with Gasteiger partial charge in [-0.15, -0.1) is 0 Å². The van der Waals surface area contributed by atoms with Gasteiger partial charge < -0.3 is 20.2 Å². The molecular formula is C19H26N2O7PSY-. The van der Waals surface area contributed by atoms with Gasteiger partial charge in [-0.2, -0.15) is 0 Å². The van der Waals surface area contributed by atoms with Gasteiger partial charge in [0.1, 0.15) is 22.2 Å². The van der Waals surface area contributed by atoms with E-state index in [1.54, 1.807) is 25.1 Å². The number of phenolic OH excluding ortho intramolecular Hbond substituents is 1. The van der Waals surface area contributed by atoms with Crippen LogP contribution in [0, 0.1) is 19.5 Å². The van der Waals surface area contributed by atoms with Gasteiger partial charge in [0.25, 0.3) is 0 Å². The van der Waals surface area contributed by atoms with Crippen molar-refractivity contribution >= 4 is 34.6 Å². The Labute approximate surface area is 207 Å². The van der Waals surface area contributed by atoms with Crippen LogP contribution in [0.5, 0.6) is 5.75 Å². The molecule has 0 aliphatic rings. The van der Waals surface area contributed by atoms with Crippen molar-refractivity contribution in [2.45, 2.75) is 32.1 Å². The minimum absolute atomic E-state index is 0. The Balaban J connectivity index is 0.00000135. The number of ketones is 1. The molecule has 0 bridgehead atoms. The first-order valence-electron chi connectivity index (χ1n) is 8.84. The summed E-state index contributed by atoms with van der Waals surface area (Å²) in [4.78, 5) is 30.9. The van der Waals surface area contributed by atoms with Gasteiger partial charge in [0.05, 0.1) is 5.69 Å². The van der Waals surface area contributed by atoms with Crippen molar-refractivity contribution in [2.24, 2.45) is 5.92 Å². The second-order valence-electron chi connectivity index (χ2n) is 7.06. The summed E-state index contributed by atoms with van der Waals surface area (Å²) in [5.41, 5.74) is 1.64. The van der Waals surface area contributed by atoms with Gasteiger partial charge in [-0.3, -0.25) is 14.3 Å². The van der Waals surface area contributed by atoms with Crippen LogP contribution < -0.4 is 5.32 Å². The van der Waals surface area contributed by atoms with Crippen molar-refractivity contribution in [3.05, 3.63) is 48.9 Å². The van der Waals surface area contributed by atoms with E-state index in [0.717, 1.165) is 0 Å². The SMILES string of the molecule is Cc1cc(Nc2ccncc2S(=O)(=O)CC(=O)CC(C)C)ccc1O.[CH2-]P(=O)(O)O.[Y]. The number of rotatable bonds is 7. The Morgan fingerprint density at radius 1 is 1.26 bits per heavy atom. The van der Waals surface area contributed by atoms with E-state index in [2.05, 4.69) is 17.0 Å². The number of anilines is 2. The largest absolute Gasteiger partial charge is 0.508 e. The normalized spacial score (nSPS) is 11.2. The third-order valence-corrected chi connectivity index (χ3v) is 5.28. The van der Waals surface area contributed by atoms with Crippen molar-refractivity contribution in [1.82, 2.24) is 4.98 Å². The van der Waals surface area contributed by atoms with Crippen molar-refractivity contribution in [3.63, 3.8) is 0 Å². The van der Waals surface area contributed by atoms with Crippen LogP contribution in [-0.2, 0) is 51.9 Å². The van der Waals surface area contributed by atoms with E-state index >= 15 is 0 Å². The van der Waals surface area contributed by atoms with Crippen LogP contribution in [0.25, 0.3) is 0 Å². The van der Waals surface area contributed by atoms with Gasteiger partial charge in [-0.1, -0.05) is 13.8 Å². The van der Waals surface area contributed by atoms with Gasteiger partial charge >= 0.3 is 0 Å². The monoisotopic (exact) mass is 546 g/mol. The van der Waals surface area contributed by atoms with E-state index < -0.39 is 23.2 Å². The maximum Gasteiger partial charge on any atom is 0.189 e. The number of aryl methyl sites for hydroxylation is 1. The molecule has 169 valence electrons. The third-order valence-electron chi connectivity index (χ3n) is 3.58. The Bertz CT molecular complexity index is 1030. The first kappa shape index (κ1) is 29.8. The van der Waals surface area contributed by atoms with E-state index in [9.17, 15) is 22.9 Å². The summed E-state index contributed by atoms with van der Waals surface area (Å²) in [5.74, 6) is -0.591. The average molecular weight is 546 g/mol. The first-order valence-corrected chi connectivity index (χ1v) is 12.3. The quantitative estimate of drug-likeness (QED) is 0.233. The van der Waals surface area contributed by atoms with E-state index in [1.165, 1.54) is 18.5 Å². The molecule has 0 saturated carbocycles. The van der Waals surface area contributed by atoms with E-state index in [4.69, 9.17) is 9.79 Å². The summed E-state index contributed by atoms with van der Waals surface area (Å²) in [6, 6.07) is 6.42. The zero-order valence-electron chi connectivity index (χ0n) is 17.5. The molecule has 0 fully saturated rings. The van der Waals surface area contributed by atoms with Crippen LogP contribution in [0.3, 0.4) is 0 Å². The van der Waals surface area contributed by atoms with E-state index in [1.807, 2.05) is 13.8 Å². The number of hydrogen-bond donors (Lipinski definition) is 4. The summed E-state index contributed by atoms with van der Waals surface area (Å²) in [6.45, 7) is 7.92. The molecule has 31 heavy (non-hydrogen) atoms. The molecule has 1 heterocycles. The molecule has 4 N–H and O–H groups in total. The number of sulfone groups is 1. The standard InChI is InChI=1S/C18H22N2O4S.CH4O3P.Y/c1-12(2)8-15(21)11-25(23,24)18-10-19-7-6-16(18)20-14-4-5-17(22)13(3)9-14;1-5(2,3)4;/h4-7,9-10,12,22H,8,11H2,1-3H3,(H,19,20);1H2,(H2,2,3,4);/q;-1;. The number of carbonyl (C=O) groups is 1. The number of nitrogens with one attached hydrogen (secondary N) is 1. The smallest absolute Gasteiger partial charge is 0.189 e. The fourth-order valence-electron chi connectivity index (χ4n) is 2.42. The number of carbonyl (C=O) groups excluding carboxylic acids is 1. The molecule has 0 aliphatic heterocycles. The minimum atomic E-state index is -3.89. The van der Waals surface area contributed by atoms with Crippen LogP contribution >= 0.6 is 7.60 Å². The molecule has 0 atom stereocenters. The van der Waals surface area contributed by atoms with Crippen molar-refractivity contribution in [3.8, 4) is 5.75 Å². The fraction of sp³-hybridized carbons (Fsp3) is 0.316. The second kappa shape index (κ2) is 12.8. The van der Waals surface area contributed by atoms with Gasteiger partial charge in [-0.25, -0.2) is 15.1 Å². The zero-order chi connectivity index (χ0) is 23.1. The van der Waals surface area contributed by atoms with Crippen LogP contribution in [-0.4, -0.2) is 39.8 Å². The Hall–Kier alpha value is -1.16. The Kier molecular flexibility index (Phi) is 12.3. The molecule has 1 radical (unpaired) electrons. The molecule has 1 aromatic carbocycles. The number of pyridine rings is 1. The Morgan fingerprint density at radius 2 is 1.84 bits per heavy atom. The van der Waals surface area contributed by atoms with Crippen LogP contribution in [0.15, 0.2) is 41.6 Å². The molecule has 0 unspecified atom stereocenters. The summed E-state index contributed by atoms with van der Waals surface area (Å²) in [7, 11) is -7.69. The molecule has 2 rings (SSSR count). The molecule has 12 heteroatoms. The van der Waals surface area contributed by atoms with Gasteiger partial charge in [0, 0.05) is 57.2 Å². The fourth-order valence-corrected chi connectivity index (χ4v) is 3.80. The number of benzene rings is 1. The summed E-state index contributed by atoms with van der Waals surface area (Å²) >= 11 is 0. The predicted octanol–water partition coefficient (Wildman–Crippen LogP) is 3.18. The molecule has 9 nitrogen and oxygen atoms in total. The molecular weight excluding hydrogens is 520 g/mol. The van der Waals surface area contributed by atoms with Crippen molar-refractivity contribution in [1.29, 1.82) is 0 Å². The molecule has 1 aromatic heterocycles. The average Bonchev–Trinajstić information content (AvgIpc) is 2.56. The molecule has 0 saturated heterocycles. The summed E-state index contributed by atoms with van der Waals surface area (Å²) in [6.07, 6.45) is 2.94. The number of aromatic hydroxyl groups is 1. The van der Waals surface area contributed by atoms with Gasteiger partial charge in [0.15, 0.2) is 17.4 Å². The number of hydrogen-bond acceptors (Lipinski definition) is 7. The number of phenols is 1. The molecule has 0 amide bonds. The maximum atomic E-state index is 12.6. The summed E-state index contributed by atoms with van der Waals surface area (Å²) in [5, 5.41) is 12.6. The number of aromatic nitrogens is 1. The molecule has 0 spiro atoms. The van der Waals surface area contributed by atoms with E-state index in [-0.39, 0.29) is 61.5 Å². The Morgan fingerprint density at radius 3 is 2.35 bits per heavy atom. The van der Waals surface area contributed by atoms with Crippen LogP contribution in [0.2, 0.25) is 0 Å². The van der Waals surface area contributed by atoms with Crippen molar-refractivity contribution in [2.75, 3.05) is 11.1 Å². The summed E-state index contributed by atoms with van der Waals surface area (Å²) < 4.78 is 34.4. The number of nitrogens with zero attached hydrogens (tertiary/aromatic N) is 1. The number of Topliss-reactive ketones (excluding diaryl/α,β-unsaturated/α-hetero) is 1.